The molecule has 0 aliphatic heterocycles. The molecule has 0 fully saturated rings. The predicted octanol–water partition coefficient (Wildman–Crippen LogP) is 3.67. The Morgan fingerprint density at radius 2 is 2.04 bits per heavy atom. The molecule has 0 saturated heterocycles. The fourth-order valence-corrected chi connectivity index (χ4v) is 4.76. The van der Waals surface area contributed by atoms with E-state index in [1.165, 1.54) is 16.4 Å². The van der Waals surface area contributed by atoms with Crippen LogP contribution in [-0.2, 0) is 14.8 Å². The zero-order valence-electron chi connectivity index (χ0n) is 14.0. The first-order valence-corrected chi connectivity index (χ1v) is 9.96. The number of anilines is 1. The van der Waals surface area contributed by atoms with Gasteiger partial charge in [0.2, 0.25) is 15.9 Å². The van der Waals surface area contributed by atoms with E-state index in [9.17, 15) is 13.2 Å². The quantitative estimate of drug-likeness (QED) is 0.745. The van der Waals surface area contributed by atoms with Gasteiger partial charge in [-0.1, -0.05) is 37.6 Å². The summed E-state index contributed by atoms with van der Waals surface area (Å²) in [4.78, 5) is 12.1. The number of hydrogen-bond donors (Lipinski definition) is 1. The SMILES string of the molecule is CCN(CC)S(=O)(=O)c1cc(NC(=O)CC2C=CCC2)ccc1Cl. The lowest BCUT2D eigenvalue weighted by Crippen LogP contribution is -2.30. The minimum atomic E-state index is -3.67. The minimum absolute atomic E-state index is 0.0198. The van der Waals surface area contributed by atoms with Gasteiger partial charge >= 0.3 is 0 Å². The molecule has 2 rings (SSSR count). The number of hydrogen-bond acceptors (Lipinski definition) is 3. The van der Waals surface area contributed by atoms with E-state index in [0.717, 1.165) is 12.8 Å². The third kappa shape index (κ3) is 4.37. The molecule has 1 aromatic rings. The fraction of sp³-hybridized carbons (Fsp3) is 0.471. The highest BCUT2D eigenvalue weighted by atomic mass is 35.5. The number of nitrogens with zero attached hydrogens (tertiary/aromatic N) is 1. The molecular weight excluding hydrogens is 348 g/mol. The van der Waals surface area contributed by atoms with Crippen molar-refractivity contribution in [2.75, 3.05) is 18.4 Å². The second kappa shape index (κ2) is 8.14. The molecule has 7 heteroatoms. The summed E-state index contributed by atoms with van der Waals surface area (Å²) in [7, 11) is -3.67. The van der Waals surface area contributed by atoms with Crippen LogP contribution in [0.3, 0.4) is 0 Å². The number of rotatable bonds is 7. The van der Waals surface area contributed by atoms with E-state index in [1.807, 2.05) is 0 Å². The zero-order valence-corrected chi connectivity index (χ0v) is 15.5. The van der Waals surface area contributed by atoms with Gasteiger partial charge in [0.15, 0.2) is 0 Å². The number of benzene rings is 1. The third-order valence-corrected chi connectivity index (χ3v) is 6.63. The van der Waals surface area contributed by atoms with Gasteiger partial charge in [-0.05, 0) is 37.0 Å². The van der Waals surface area contributed by atoms with Gasteiger partial charge in [-0.3, -0.25) is 4.79 Å². The number of sulfonamides is 1. The van der Waals surface area contributed by atoms with Gasteiger partial charge in [-0.2, -0.15) is 4.31 Å². The van der Waals surface area contributed by atoms with Crippen molar-refractivity contribution >= 4 is 33.2 Å². The average Bonchev–Trinajstić information content (AvgIpc) is 3.02. The Labute approximate surface area is 148 Å². The lowest BCUT2D eigenvalue weighted by Gasteiger charge is -2.20. The molecule has 132 valence electrons. The van der Waals surface area contributed by atoms with Crippen molar-refractivity contribution in [3.8, 4) is 0 Å². The zero-order chi connectivity index (χ0) is 17.7. The largest absolute Gasteiger partial charge is 0.326 e. The number of carbonyl (C=O) groups is 1. The number of amides is 1. The van der Waals surface area contributed by atoms with Gasteiger partial charge in [0, 0.05) is 25.2 Å². The molecule has 0 aromatic heterocycles. The number of nitrogens with one attached hydrogen (secondary N) is 1. The summed E-state index contributed by atoms with van der Waals surface area (Å²) in [5, 5.41) is 2.92. The number of halogens is 1. The van der Waals surface area contributed by atoms with Crippen LogP contribution >= 0.6 is 11.6 Å². The summed E-state index contributed by atoms with van der Waals surface area (Å²) < 4.78 is 26.6. The molecule has 1 unspecified atom stereocenters. The molecule has 1 aliphatic carbocycles. The Morgan fingerprint density at radius 1 is 1.33 bits per heavy atom. The molecule has 1 N–H and O–H groups in total. The summed E-state index contributed by atoms with van der Waals surface area (Å²) in [5.41, 5.74) is 0.442. The van der Waals surface area contributed by atoms with Crippen LogP contribution in [0.2, 0.25) is 5.02 Å². The lowest BCUT2D eigenvalue weighted by molar-refractivity contribution is -0.116. The van der Waals surface area contributed by atoms with Crippen molar-refractivity contribution in [2.24, 2.45) is 5.92 Å². The fourth-order valence-electron chi connectivity index (χ4n) is 2.80. The van der Waals surface area contributed by atoms with Gasteiger partial charge in [-0.25, -0.2) is 8.42 Å². The Kier molecular flexibility index (Phi) is 6.43. The van der Waals surface area contributed by atoms with Crippen LogP contribution in [-0.4, -0.2) is 31.7 Å². The first-order valence-electron chi connectivity index (χ1n) is 8.14. The van der Waals surface area contributed by atoms with Crippen LogP contribution in [0.4, 0.5) is 5.69 Å². The maximum Gasteiger partial charge on any atom is 0.244 e. The third-order valence-electron chi connectivity index (χ3n) is 4.10. The van der Waals surface area contributed by atoms with Gasteiger partial charge in [0.25, 0.3) is 0 Å². The van der Waals surface area contributed by atoms with Crippen molar-refractivity contribution in [1.82, 2.24) is 4.31 Å². The molecule has 1 atom stereocenters. The number of carbonyl (C=O) groups excluding carboxylic acids is 1. The molecule has 0 saturated carbocycles. The van der Waals surface area contributed by atoms with Gasteiger partial charge in [0.1, 0.15) is 4.90 Å². The molecule has 0 heterocycles. The Bertz CT molecular complexity index is 727. The highest BCUT2D eigenvalue weighted by molar-refractivity contribution is 7.89. The summed E-state index contributed by atoms with van der Waals surface area (Å²) in [6.07, 6.45) is 6.52. The normalized spacial score (nSPS) is 17.4. The number of allylic oxidation sites excluding steroid dienone is 2. The Balaban J connectivity index is 2.18. The molecular formula is C17H23ClN2O3S. The summed E-state index contributed by atoms with van der Waals surface area (Å²) in [6.45, 7) is 4.27. The predicted molar refractivity (Wildman–Crippen MR) is 96.7 cm³/mol. The van der Waals surface area contributed by atoms with E-state index < -0.39 is 10.0 Å². The minimum Gasteiger partial charge on any atom is -0.326 e. The van der Waals surface area contributed by atoms with Crippen molar-refractivity contribution in [1.29, 1.82) is 0 Å². The summed E-state index contributed by atoms with van der Waals surface area (Å²) in [6, 6.07) is 4.55. The molecule has 5 nitrogen and oxygen atoms in total. The Morgan fingerprint density at radius 3 is 2.62 bits per heavy atom. The smallest absolute Gasteiger partial charge is 0.244 e. The van der Waals surface area contributed by atoms with Gasteiger partial charge in [0.05, 0.1) is 5.02 Å². The monoisotopic (exact) mass is 370 g/mol. The van der Waals surface area contributed by atoms with Crippen LogP contribution in [0.5, 0.6) is 0 Å². The molecule has 0 bridgehead atoms. The van der Waals surface area contributed by atoms with E-state index >= 15 is 0 Å². The second-order valence-corrected chi connectivity index (χ2v) is 8.07. The van der Waals surface area contributed by atoms with Crippen molar-refractivity contribution in [3.63, 3.8) is 0 Å². The highest BCUT2D eigenvalue weighted by Gasteiger charge is 2.25. The molecule has 24 heavy (non-hydrogen) atoms. The van der Waals surface area contributed by atoms with Crippen molar-refractivity contribution in [3.05, 3.63) is 35.4 Å². The van der Waals surface area contributed by atoms with E-state index in [4.69, 9.17) is 11.6 Å². The molecule has 0 radical (unpaired) electrons. The molecule has 1 aromatic carbocycles. The molecule has 1 aliphatic rings. The average molecular weight is 371 g/mol. The molecule has 1 amide bonds. The summed E-state index contributed by atoms with van der Waals surface area (Å²) in [5.74, 6) is 0.135. The van der Waals surface area contributed by atoms with Gasteiger partial charge < -0.3 is 5.32 Å². The highest BCUT2D eigenvalue weighted by Crippen LogP contribution is 2.28. The first-order chi connectivity index (χ1) is 11.4. The second-order valence-electron chi connectivity index (χ2n) is 5.75. The summed E-state index contributed by atoms with van der Waals surface area (Å²) >= 11 is 6.09. The van der Waals surface area contributed by atoms with E-state index in [0.29, 0.717) is 25.2 Å². The van der Waals surface area contributed by atoms with Crippen LogP contribution in [0.1, 0.15) is 33.1 Å². The topological polar surface area (TPSA) is 66.5 Å². The maximum atomic E-state index is 12.7. The standard InChI is InChI=1S/C17H23ClN2O3S/c1-3-20(4-2)24(22,23)16-12-14(9-10-15(16)18)19-17(21)11-13-7-5-6-8-13/h5,7,9-10,12-13H,3-4,6,8,11H2,1-2H3,(H,19,21). The van der Waals surface area contributed by atoms with Crippen LogP contribution in [0.15, 0.2) is 35.2 Å². The first kappa shape index (κ1) is 19.0. The van der Waals surface area contributed by atoms with E-state index in [2.05, 4.69) is 17.5 Å². The molecule has 0 spiro atoms. The van der Waals surface area contributed by atoms with Crippen molar-refractivity contribution in [2.45, 2.75) is 38.0 Å². The van der Waals surface area contributed by atoms with Crippen LogP contribution in [0, 0.1) is 5.92 Å². The van der Waals surface area contributed by atoms with E-state index in [1.54, 1.807) is 19.9 Å². The lowest BCUT2D eigenvalue weighted by atomic mass is 10.1. The van der Waals surface area contributed by atoms with Crippen molar-refractivity contribution < 1.29 is 13.2 Å². The van der Waals surface area contributed by atoms with Gasteiger partial charge in [-0.15, -0.1) is 0 Å². The maximum absolute atomic E-state index is 12.7. The van der Waals surface area contributed by atoms with Crippen LogP contribution in [0.25, 0.3) is 0 Å². The Hall–Kier alpha value is -1.37. The van der Waals surface area contributed by atoms with Crippen LogP contribution < -0.4 is 5.32 Å². The van der Waals surface area contributed by atoms with E-state index in [-0.39, 0.29) is 21.7 Å².